The molecule has 0 saturated carbocycles. The van der Waals surface area contributed by atoms with E-state index in [9.17, 15) is 10.0 Å². The van der Waals surface area contributed by atoms with Crippen LogP contribution in [0.1, 0.15) is 21.6 Å². The number of halogens is 1. The van der Waals surface area contributed by atoms with Gasteiger partial charge in [-0.05, 0) is 17.7 Å². The molecular formula is C15H13ClN2O4. The SMILES string of the molecule is Cc1c(C(=O)NCc2ccc3c(c2)OCO3)c(Cl)cc[n+]1[O-]. The Balaban J connectivity index is 1.74. The van der Waals surface area contributed by atoms with Crippen LogP contribution in [-0.2, 0) is 6.54 Å². The van der Waals surface area contributed by atoms with Crippen LogP contribution < -0.4 is 19.5 Å². The molecule has 0 aliphatic carbocycles. The zero-order valence-electron chi connectivity index (χ0n) is 11.8. The summed E-state index contributed by atoms with van der Waals surface area (Å²) in [5, 5.41) is 14.5. The van der Waals surface area contributed by atoms with Crippen molar-refractivity contribution in [1.82, 2.24) is 5.32 Å². The molecule has 7 heteroatoms. The van der Waals surface area contributed by atoms with Crippen LogP contribution in [0.25, 0.3) is 0 Å². The number of benzene rings is 1. The predicted molar refractivity (Wildman–Crippen MR) is 78.9 cm³/mol. The molecule has 1 aromatic carbocycles. The summed E-state index contributed by atoms with van der Waals surface area (Å²) >= 11 is 6.01. The van der Waals surface area contributed by atoms with Crippen molar-refractivity contribution in [2.45, 2.75) is 13.5 Å². The monoisotopic (exact) mass is 320 g/mol. The number of hydrogen-bond donors (Lipinski definition) is 1. The molecule has 0 unspecified atom stereocenters. The number of nitrogens with zero attached hydrogens (tertiary/aromatic N) is 1. The summed E-state index contributed by atoms with van der Waals surface area (Å²) < 4.78 is 11.1. The van der Waals surface area contributed by atoms with Crippen LogP contribution in [0.5, 0.6) is 11.5 Å². The van der Waals surface area contributed by atoms with Crippen LogP contribution >= 0.6 is 11.6 Å². The summed E-state index contributed by atoms with van der Waals surface area (Å²) in [7, 11) is 0. The number of hydrogen-bond acceptors (Lipinski definition) is 4. The fraction of sp³-hybridized carbons (Fsp3) is 0.200. The highest BCUT2D eigenvalue weighted by Gasteiger charge is 2.20. The smallest absolute Gasteiger partial charge is 0.259 e. The molecule has 6 nitrogen and oxygen atoms in total. The van der Waals surface area contributed by atoms with Crippen molar-refractivity contribution in [3.8, 4) is 11.5 Å². The average Bonchev–Trinajstić information content (AvgIpc) is 2.97. The van der Waals surface area contributed by atoms with Crippen LogP contribution in [0.15, 0.2) is 30.5 Å². The number of rotatable bonds is 3. The molecule has 0 fully saturated rings. The first-order valence-corrected chi connectivity index (χ1v) is 6.99. The van der Waals surface area contributed by atoms with Crippen LogP contribution in [0, 0.1) is 12.1 Å². The molecule has 0 radical (unpaired) electrons. The van der Waals surface area contributed by atoms with Gasteiger partial charge in [-0.3, -0.25) is 4.79 Å². The molecule has 1 aliphatic rings. The standard InChI is InChI=1S/C15H13ClN2O4/c1-9-14(11(16)4-5-18(9)20)15(19)17-7-10-2-3-12-13(6-10)22-8-21-12/h2-6H,7-8H2,1H3,(H,17,19). The molecule has 0 saturated heterocycles. The van der Waals surface area contributed by atoms with E-state index in [4.69, 9.17) is 21.1 Å². The van der Waals surface area contributed by atoms with E-state index in [1.165, 1.54) is 12.3 Å². The lowest BCUT2D eigenvalue weighted by Gasteiger charge is -2.10. The van der Waals surface area contributed by atoms with Gasteiger partial charge in [0.25, 0.3) is 5.91 Å². The van der Waals surface area contributed by atoms with E-state index in [0.717, 1.165) is 5.56 Å². The van der Waals surface area contributed by atoms with Crippen molar-refractivity contribution < 1.29 is 19.0 Å². The first kappa shape index (κ1) is 14.5. The normalized spacial score (nSPS) is 12.3. The minimum atomic E-state index is -0.398. The van der Waals surface area contributed by atoms with E-state index in [2.05, 4.69) is 5.32 Å². The lowest BCUT2D eigenvalue weighted by Crippen LogP contribution is -2.34. The van der Waals surface area contributed by atoms with Gasteiger partial charge in [0, 0.05) is 19.5 Å². The molecule has 1 aromatic heterocycles. The second-order valence-corrected chi connectivity index (χ2v) is 5.23. The summed E-state index contributed by atoms with van der Waals surface area (Å²) in [4.78, 5) is 12.2. The minimum Gasteiger partial charge on any atom is -0.618 e. The molecule has 1 amide bonds. The molecule has 2 aromatic rings. The maximum absolute atomic E-state index is 12.2. The summed E-state index contributed by atoms with van der Waals surface area (Å²) in [5.74, 6) is 0.938. The molecule has 1 aliphatic heterocycles. The van der Waals surface area contributed by atoms with Gasteiger partial charge in [-0.15, -0.1) is 0 Å². The Kier molecular flexibility index (Phi) is 3.77. The second-order valence-electron chi connectivity index (χ2n) is 4.82. The molecular weight excluding hydrogens is 308 g/mol. The Morgan fingerprint density at radius 3 is 2.95 bits per heavy atom. The number of fused-ring (bicyclic) bond motifs is 1. The highest BCUT2D eigenvalue weighted by molar-refractivity contribution is 6.33. The third-order valence-electron chi connectivity index (χ3n) is 3.40. The Hall–Kier alpha value is -2.47. The number of ether oxygens (including phenoxy) is 2. The van der Waals surface area contributed by atoms with Crippen molar-refractivity contribution in [1.29, 1.82) is 0 Å². The number of amides is 1. The highest BCUT2D eigenvalue weighted by atomic mass is 35.5. The largest absolute Gasteiger partial charge is 0.618 e. The van der Waals surface area contributed by atoms with E-state index in [1.807, 2.05) is 6.07 Å². The fourth-order valence-corrected chi connectivity index (χ4v) is 2.48. The predicted octanol–water partition coefficient (Wildman–Crippen LogP) is 1.94. The van der Waals surface area contributed by atoms with E-state index >= 15 is 0 Å². The number of carbonyl (C=O) groups excluding carboxylic acids is 1. The molecule has 0 spiro atoms. The van der Waals surface area contributed by atoms with Gasteiger partial charge in [0.2, 0.25) is 12.5 Å². The van der Waals surface area contributed by atoms with Gasteiger partial charge in [-0.2, -0.15) is 4.73 Å². The zero-order valence-corrected chi connectivity index (χ0v) is 12.5. The Labute approximate surface area is 131 Å². The molecule has 0 atom stereocenters. The van der Waals surface area contributed by atoms with E-state index in [0.29, 0.717) is 22.8 Å². The van der Waals surface area contributed by atoms with E-state index < -0.39 is 5.91 Å². The van der Waals surface area contributed by atoms with Gasteiger partial charge < -0.3 is 20.0 Å². The fourth-order valence-electron chi connectivity index (χ4n) is 2.21. The van der Waals surface area contributed by atoms with Crippen molar-refractivity contribution in [2.75, 3.05) is 6.79 Å². The highest BCUT2D eigenvalue weighted by Crippen LogP contribution is 2.32. The van der Waals surface area contributed by atoms with Crippen LogP contribution in [0.4, 0.5) is 0 Å². The number of aromatic nitrogens is 1. The topological polar surface area (TPSA) is 74.5 Å². The van der Waals surface area contributed by atoms with Crippen molar-refractivity contribution in [3.63, 3.8) is 0 Å². The Bertz CT molecular complexity index is 749. The molecule has 114 valence electrons. The first-order chi connectivity index (χ1) is 10.6. The molecule has 0 bridgehead atoms. The molecule has 3 rings (SSSR count). The van der Waals surface area contributed by atoms with Crippen LogP contribution in [0.2, 0.25) is 5.02 Å². The summed E-state index contributed by atoms with van der Waals surface area (Å²) in [6.45, 7) is 2.04. The van der Waals surface area contributed by atoms with E-state index in [1.54, 1.807) is 19.1 Å². The lowest BCUT2D eigenvalue weighted by atomic mass is 10.1. The van der Waals surface area contributed by atoms with Gasteiger partial charge in [-0.25, -0.2) is 0 Å². The van der Waals surface area contributed by atoms with Gasteiger partial charge in [0.15, 0.2) is 17.7 Å². The van der Waals surface area contributed by atoms with E-state index in [-0.39, 0.29) is 23.1 Å². The van der Waals surface area contributed by atoms with Gasteiger partial charge in [-0.1, -0.05) is 17.7 Å². The van der Waals surface area contributed by atoms with Crippen molar-refractivity contribution in [3.05, 3.63) is 57.5 Å². The summed E-state index contributed by atoms with van der Waals surface area (Å²) in [6, 6.07) is 6.82. The van der Waals surface area contributed by atoms with Gasteiger partial charge >= 0.3 is 0 Å². The zero-order chi connectivity index (χ0) is 15.7. The quantitative estimate of drug-likeness (QED) is 0.693. The third kappa shape index (κ3) is 2.65. The maximum atomic E-state index is 12.2. The molecule has 1 N–H and O–H groups in total. The number of nitrogens with one attached hydrogen (secondary N) is 1. The van der Waals surface area contributed by atoms with Crippen LogP contribution in [0.3, 0.4) is 0 Å². The van der Waals surface area contributed by atoms with Crippen molar-refractivity contribution >= 4 is 17.5 Å². The minimum absolute atomic E-state index is 0.180. The summed E-state index contributed by atoms with van der Waals surface area (Å²) in [6.07, 6.45) is 1.27. The van der Waals surface area contributed by atoms with Crippen molar-refractivity contribution in [2.24, 2.45) is 0 Å². The Morgan fingerprint density at radius 1 is 1.36 bits per heavy atom. The maximum Gasteiger partial charge on any atom is 0.259 e. The van der Waals surface area contributed by atoms with Crippen LogP contribution in [-0.4, -0.2) is 12.7 Å². The first-order valence-electron chi connectivity index (χ1n) is 6.61. The number of pyridine rings is 1. The lowest BCUT2D eigenvalue weighted by molar-refractivity contribution is -0.612. The average molecular weight is 321 g/mol. The molecule has 22 heavy (non-hydrogen) atoms. The second kappa shape index (κ2) is 5.73. The third-order valence-corrected chi connectivity index (χ3v) is 3.72. The van der Waals surface area contributed by atoms with Gasteiger partial charge in [0.1, 0.15) is 5.56 Å². The van der Waals surface area contributed by atoms with Gasteiger partial charge in [0.05, 0.1) is 5.02 Å². The number of carbonyl (C=O) groups is 1. The Morgan fingerprint density at radius 2 is 2.14 bits per heavy atom. The summed E-state index contributed by atoms with van der Waals surface area (Å²) in [5.41, 5.74) is 1.30. The molecule has 2 heterocycles.